The van der Waals surface area contributed by atoms with Crippen LogP contribution in [0.1, 0.15) is 5.69 Å². The summed E-state index contributed by atoms with van der Waals surface area (Å²) in [6.07, 6.45) is 1.69. The van der Waals surface area contributed by atoms with Crippen molar-refractivity contribution in [1.29, 1.82) is 0 Å². The summed E-state index contributed by atoms with van der Waals surface area (Å²) < 4.78 is 18.5. The van der Waals surface area contributed by atoms with Crippen molar-refractivity contribution in [1.82, 2.24) is 15.5 Å². The molecule has 0 aliphatic carbocycles. The largest absolute Gasteiger partial charge is 0.494 e. The molecule has 0 aliphatic rings. The van der Waals surface area contributed by atoms with E-state index in [-0.39, 0.29) is 11.6 Å². The van der Waals surface area contributed by atoms with Gasteiger partial charge >= 0.3 is 0 Å². The van der Waals surface area contributed by atoms with Gasteiger partial charge in [0.2, 0.25) is 0 Å². The van der Waals surface area contributed by atoms with Crippen LogP contribution in [0.2, 0.25) is 0 Å². The molecule has 5 heteroatoms. The third kappa shape index (κ3) is 2.29. The molecular formula is C12H14FN3O. The van der Waals surface area contributed by atoms with E-state index in [2.05, 4.69) is 15.5 Å². The van der Waals surface area contributed by atoms with Crippen LogP contribution < -0.4 is 10.1 Å². The van der Waals surface area contributed by atoms with Gasteiger partial charge in [-0.25, -0.2) is 4.39 Å². The lowest BCUT2D eigenvalue weighted by atomic mass is 10.1. The van der Waals surface area contributed by atoms with E-state index in [1.54, 1.807) is 12.3 Å². The number of ether oxygens (including phenoxy) is 1. The first kappa shape index (κ1) is 11.6. The molecule has 0 aliphatic heterocycles. The number of aromatic nitrogens is 2. The SMILES string of the molecule is CNCc1[nH]ncc1-c1ccc(OC)c(F)c1. The van der Waals surface area contributed by atoms with Gasteiger partial charge in [-0.2, -0.15) is 5.10 Å². The number of benzene rings is 1. The van der Waals surface area contributed by atoms with Crippen LogP contribution in [0.15, 0.2) is 24.4 Å². The molecule has 0 bridgehead atoms. The molecule has 0 amide bonds. The summed E-state index contributed by atoms with van der Waals surface area (Å²) in [4.78, 5) is 0. The number of halogens is 1. The van der Waals surface area contributed by atoms with Crippen LogP contribution in [0, 0.1) is 5.82 Å². The van der Waals surface area contributed by atoms with Gasteiger partial charge in [0.25, 0.3) is 0 Å². The fraction of sp³-hybridized carbons (Fsp3) is 0.250. The van der Waals surface area contributed by atoms with Crippen molar-refractivity contribution in [3.8, 4) is 16.9 Å². The molecule has 90 valence electrons. The Balaban J connectivity index is 2.39. The molecule has 0 spiro atoms. The van der Waals surface area contributed by atoms with Crippen molar-refractivity contribution in [3.63, 3.8) is 0 Å². The average Bonchev–Trinajstić information content (AvgIpc) is 2.78. The summed E-state index contributed by atoms with van der Waals surface area (Å²) in [5.74, 6) is -0.131. The zero-order valence-corrected chi connectivity index (χ0v) is 9.75. The monoisotopic (exact) mass is 235 g/mol. The van der Waals surface area contributed by atoms with E-state index in [1.807, 2.05) is 13.1 Å². The first-order valence-electron chi connectivity index (χ1n) is 5.27. The van der Waals surface area contributed by atoms with Gasteiger partial charge in [-0.05, 0) is 24.7 Å². The Kier molecular flexibility index (Phi) is 3.39. The number of hydrogen-bond donors (Lipinski definition) is 2. The summed E-state index contributed by atoms with van der Waals surface area (Å²) in [7, 11) is 3.29. The second-order valence-corrected chi connectivity index (χ2v) is 3.64. The Bertz CT molecular complexity index is 510. The van der Waals surface area contributed by atoms with Crippen LogP contribution in [0.25, 0.3) is 11.1 Å². The number of hydrogen-bond acceptors (Lipinski definition) is 3. The summed E-state index contributed by atoms with van der Waals surface area (Å²) in [5, 5.41) is 9.89. The fourth-order valence-electron chi connectivity index (χ4n) is 1.71. The quantitative estimate of drug-likeness (QED) is 0.851. The van der Waals surface area contributed by atoms with Crippen LogP contribution in [0.5, 0.6) is 5.75 Å². The molecule has 0 unspecified atom stereocenters. The number of H-pyrrole nitrogens is 1. The molecule has 0 saturated carbocycles. The van der Waals surface area contributed by atoms with Gasteiger partial charge in [0, 0.05) is 12.1 Å². The molecule has 2 rings (SSSR count). The number of aromatic amines is 1. The second kappa shape index (κ2) is 4.97. The predicted molar refractivity (Wildman–Crippen MR) is 63.3 cm³/mol. The van der Waals surface area contributed by atoms with Gasteiger partial charge in [-0.15, -0.1) is 0 Å². The summed E-state index contributed by atoms with van der Waals surface area (Å²) >= 11 is 0. The molecule has 2 aromatic rings. The summed E-state index contributed by atoms with van der Waals surface area (Å²) in [5.41, 5.74) is 2.60. The zero-order chi connectivity index (χ0) is 12.3. The lowest BCUT2D eigenvalue weighted by molar-refractivity contribution is 0.386. The Morgan fingerprint density at radius 1 is 1.47 bits per heavy atom. The number of nitrogens with zero attached hydrogens (tertiary/aromatic N) is 1. The molecule has 2 N–H and O–H groups in total. The zero-order valence-electron chi connectivity index (χ0n) is 9.75. The highest BCUT2D eigenvalue weighted by Gasteiger charge is 2.10. The smallest absolute Gasteiger partial charge is 0.165 e. The molecule has 0 radical (unpaired) electrons. The molecular weight excluding hydrogens is 221 g/mol. The maximum Gasteiger partial charge on any atom is 0.165 e. The van der Waals surface area contributed by atoms with Gasteiger partial charge in [0.05, 0.1) is 19.0 Å². The third-order valence-electron chi connectivity index (χ3n) is 2.53. The fourth-order valence-corrected chi connectivity index (χ4v) is 1.71. The number of rotatable bonds is 4. The Labute approximate surface area is 98.8 Å². The molecule has 1 aromatic carbocycles. The lowest BCUT2D eigenvalue weighted by Gasteiger charge is -2.05. The van der Waals surface area contributed by atoms with Crippen LogP contribution in [-0.4, -0.2) is 24.4 Å². The van der Waals surface area contributed by atoms with Crippen molar-refractivity contribution in [3.05, 3.63) is 35.9 Å². The van der Waals surface area contributed by atoms with Crippen LogP contribution >= 0.6 is 0 Å². The Morgan fingerprint density at radius 2 is 2.29 bits per heavy atom. The summed E-state index contributed by atoms with van der Waals surface area (Å²) in [6.45, 7) is 0.656. The minimum atomic E-state index is -0.374. The van der Waals surface area contributed by atoms with Crippen molar-refractivity contribution in [2.24, 2.45) is 0 Å². The lowest BCUT2D eigenvalue weighted by Crippen LogP contribution is -2.06. The first-order chi connectivity index (χ1) is 8.26. The number of methoxy groups -OCH3 is 1. The average molecular weight is 235 g/mol. The minimum absolute atomic E-state index is 0.243. The highest BCUT2D eigenvalue weighted by atomic mass is 19.1. The number of nitrogens with one attached hydrogen (secondary N) is 2. The Hall–Kier alpha value is -1.88. The van der Waals surface area contributed by atoms with E-state index in [9.17, 15) is 4.39 Å². The molecule has 1 heterocycles. The highest BCUT2D eigenvalue weighted by Crippen LogP contribution is 2.26. The second-order valence-electron chi connectivity index (χ2n) is 3.64. The van der Waals surface area contributed by atoms with Crippen LogP contribution in [0.3, 0.4) is 0 Å². The third-order valence-corrected chi connectivity index (χ3v) is 2.53. The Morgan fingerprint density at radius 3 is 2.94 bits per heavy atom. The van der Waals surface area contributed by atoms with Gasteiger partial charge in [-0.1, -0.05) is 6.07 Å². The van der Waals surface area contributed by atoms with Gasteiger partial charge in [0.15, 0.2) is 11.6 Å². The molecule has 17 heavy (non-hydrogen) atoms. The van der Waals surface area contributed by atoms with Crippen molar-refractivity contribution >= 4 is 0 Å². The maximum absolute atomic E-state index is 13.6. The van der Waals surface area contributed by atoms with Gasteiger partial charge in [0.1, 0.15) is 0 Å². The molecule has 1 aromatic heterocycles. The van der Waals surface area contributed by atoms with E-state index in [1.165, 1.54) is 13.2 Å². The van der Waals surface area contributed by atoms with E-state index in [4.69, 9.17) is 4.74 Å². The highest BCUT2D eigenvalue weighted by molar-refractivity contribution is 5.66. The van der Waals surface area contributed by atoms with Crippen molar-refractivity contribution < 1.29 is 9.13 Å². The predicted octanol–water partition coefficient (Wildman–Crippen LogP) is 1.94. The van der Waals surface area contributed by atoms with Crippen molar-refractivity contribution in [2.45, 2.75) is 6.54 Å². The first-order valence-corrected chi connectivity index (χ1v) is 5.27. The standard InChI is InChI=1S/C12H14FN3O/c1-14-7-11-9(6-15-16-11)8-3-4-12(17-2)10(13)5-8/h3-6,14H,7H2,1-2H3,(H,15,16). The molecule has 0 saturated heterocycles. The van der Waals surface area contributed by atoms with E-state index in [0.29, 0.717) is 6.54 Å². The normalized spacial score (nSPS) is 10.5. The molecule has 4 nitrogen and oxygen atoms in total. The minimum Gasteiger partial charge on any atom is -0.494 e. The van der Waals surface area contributed by atoms with Crippen molar-refractivity contribution in [2.75, 3.05) is 14.2 Å². The maximum atomic E-state index is 13.6. The van der Waals surface area contributed by atoms with Crippen LogP contribution in [-0.2, 0) is 6.54 Å². The molecule has 0 atom stereocenters. The van der Waals surface area contributed by atoms with E-state index >= 15 is 0 Å². The van der Waals surface area contributed by atoms with Gasteiger partial charge < -0.3 is 10.1 Å². The van der Waals surface area contributed by atoms with Crippen LogP contribution in [0.4, 0.5) is 4.39 Å². The topological polar surface area (TPSA) is 49.9 Å². The summed E-state index contributed by atoms with van der Waals surface area (Å²) in [6, 6.07) is 4.87. The van der Waals surface area contributed by atoms with E-state index in [0.717, 1.165) is 16.8 Å². The molecule has 0 fully saturated rings. The van der Waals surface area contributed by atoms with Gasteiger partial charge in [-0.3, -0.25) is 5.10 Å². The van der Waals surface area contributed by atoms with E-state index < -0.39 is 0 Å².